The number of Topliss-reactive ketones (excluding diaryl/α,β-unsaturated/α-hetero) is 1. The predicted molar refractivity (Wildman–Crippen MR) is 61.4 cm³/mol. The third-order valence-electron chi connectivity index (χ3n) is 2.15. The van der Waals surface area contributed by atoms with Gasteiger partial charge in [-0.3, -0.25) is 4.79 Å². The fourth-order valence-corrected chi connectivity index (χ4v) is 1.14. The summed E-state index contributed by atoms with van der Waals surface area (Å²) < 4.78 is 0. The van der Waals surface area contributed by atoms with Crippen LogP contribution in [0, 0.1) is 11.3 Å². The van der Waals surface area contributed by atoms with Crippen molar-refractivity contribution in [1.82, 2.24) is 5.32 Å². The maximum atomic E-state index is 11.5. The number of hydrogen-bond acceptors (Lipinski definition) is 2. The lowest BCUT2D eigenvalue weighted by molar-refractivity contribution is -0.126. The molecule has 0 spiro atoms. The molecule has 2 heteroatoms. The highest BCUT2D eigenvalue weighted by Crippen LogP contribution is 2.17. The molecule has 0 aromatic heterocycles. The van der Waals surface area contributed by atoms with Crippen molar-refractivity contribution in [3.63, 3.8) is 0 Å². The molecule has 0 aliphatic heterocycles. The second-order valence-electron chi connectivity index (χ2n) is 5.37. The summed E-state index contributed by atoms with van der Waals surface area (Å²) in [5.41, 5.74) is -0.169. The second kappa shape index (κ2) is 6.18. The third-order valence-corrected chi connectivity index (χ3v) is 2.15. The normalized spacial score (nSPS) is 12.1. The average molecular weight is 199 g/mol. The molecule has 0 radical (unpaired) electrons. The van der Waals surface area contributed by atoms with Crippen molar-refractivity contribution in [3.8, 4) is 0 Å². The number of ketones is 1. The van der Waals surface area contributed by atoms with Gasteiger partial charge in [0.15, 0.2) is 0 Å². The molecule has 0 fully saturated rings. The zero-order valence-corrected chi connectivity index (χ0v) is 10.3. The van der Waals surface area contributed by atoms with Crippen LogP contribution < -0.4 is 5.32 Å². The largest absolute Gasteiger partial charge is 0.316 e. The van der Waals surface area contributed by atoms with Gasteiger partial charge in [-0.2, -0.15) is 0 Å². The molecule has 0 unspecified atom stereocenters. The molecule has 1 N–H and O–H groups in total. The van der Waals surface area contributed by atoms with Gasteiger partial charge in [-0.05, 0) is 25.4 Å². The Morgan fingerprint density at radius 1 is 1.29 bits per heavy atom. The molecular formula is C12H25NO. The van der Waals surface area contributed by atoms with Crippen LogP contribution in [0.15, 0.2) is 0 Å². The zero-order chi connectivity index (χ0) is 11.2. The summed E-state index contributed by atoms with van der Waals surface area (Å²) in [6.45, 7) is 12.3. The predicted octanol–water partition coefficient (Wildman–Crippen LogP) is 2.63. The number of carbonyl (C=O) groups excluding carboxylic acids is 1. The van der Waals surface area contributed by atoms with Gasteiger partial charge in [0.25, 0.3) is 0 Å². The van der Waals surface area contributed by atoms with E-state index in [0.717, 1.165) is 19.5 Å². The number of carbonyl (C=O) groups is 1. The first-order valence-corrected chi connectivity index (χ1v) is 5.58. The minimum Gasteiger partial charge on any atom is -0.316 e. The third kappa shape index (κ3) is 7.07. The van der Waals surface area contributed by atoms with Gasteiger partial charge in [0, 0.05) is 11.8 Å². The van der Waals surface area contributed by atoms with E-state index in [1.807, 2.05) is 20.8 Å². The first-order chi connectivity index (χ1) is 6.34. The van der Waals surface area contributed by atoms with Gasteiger partial charge in [0.2, 0.25) is 0 Å². The van der Waals surface area contributed by atoms with Crippen LogP contribution in [0.4, 0.5) is 0 Å². The van der Waals surface area contributed by atoms with Crippen LogP contribution >= 0.6 is 0 Å². The van der Waals surface area contributed by atoms with Gasteiger partial charge in [0.05, 0.1) is 0 Å². The first kappa shape index (κ1) is 13.6. The summed E-state index contributed by atoms with van der Waals surface area (Å²) in [5, 5.41) is 3.34. The maximum Gasteiger partial charge on any atom is 0.138 e. The lowest BCUT2D eigenvalue weighted by atomic mass is 9.88. The van der Waals surface area contributed by atoms with E-state index in [2.05, 4.69) is 19.2 Å². The fraction of sp³-hybridized carbons (Fsp3) is 0.917. The van der Waals surface area contributed by atoms with Crippen LogP contribution in [0.1, 0.15) is 47.5 Å². The highest BCUT2D eigenvalue weighted by atomic mass is 16.1. The van der Waals surface area contributed by atoms with Crippen LogP contribution in [-0.2, 0) is 4.79 Å². The zero-order valence-electron chi connectivity index (χ0n) is 10.3. The Balaban J connectivity index is 3.42. The molecule has 0 bridgehead atoms. The fourth-order valence-electron chi connectivity index (χ4n) is 1.14. The Labute approximate surface area is 88.5 Å². The summed E-state index contributed by atoms with van der Waals surface area (Å²) in [7, 11) is 0. The standard InChI is InChI=1S/C12H25NO/c1-10(2)9-13-8-6-7-11(14)12(3,4)5/h10,13H,6-9H2,1-5H3. The van der Waals surface area contributed by atoms with Crippen molar-refractivity contribution in [2.75, 3.05) is 13.1 Å². The van der Waals surface area contributed by atoms with Crippen molar-refractivity contribution in [3.05, 3.63) is 0 Å². The first-order valence-electron chi connectivity index (χ1n) is 5.58. The summed E-state index contributed by atoms with van der Waals surface area (Å²) in [6, 6.07) is 0. The Hall–Kier alpha value is -0.370. The Kier molecular flexibility index (Phi) is 6.01. The van der Waals surface area contributed by atoms with E-state index in [-0.39, 0.29) is 5.41 Å². The molecule has 0 aliphatic rings. The molecule has 0 amide bonds. The van der Waals surface area contributed by atoms with Crippen LogP contribution in [0.3, 0.4) is 0 Å². The summed E-state index contributed by atoms with van der Waals surface area (Å²) in [5.74, 6) is 1.05. The maximum absolute atomic E-state index is 11.5. The Morgan fingerprint density at radius 3 is 2.29 bits per heavy atom. The molecular weight excluding hydrogens is 174 g/mol. The lowest BCUT2D eigenvalue weighted by Gasteiger charge is -2.16. The van der Waals surface area contributed by atoms with E-state index in [1.54, 1.807) is 0 Å². The Morgan fingerprint density at radius 2 is 1.86 bits per heavy atom. The number of hydrogen-bond donors (Lipinski definition) is 1. The topological polar surface area (TPSA) is 29.1 Å². The SMILES string of the molecule is CC(C)CNCCCC(=O)C(C)(C)C. The van der Waals surface area contributed by atoms with Gasteiger partial charge in [-0.25, -0.2) is 0 Å². The summed E-state index contributed by atoms with van der Waals surface area (Å²) >= 11 is 0. The van der Waals surface area contributed by atoms with Crippen molar-refractivity contribution < 1.29 is 4.79 Å². The molecule has 2 nitrogen and oxygen atoms in total. The molecule has 0 aromatic carbocycles. The van der Waals surface area contributed by atoms with Crippen molar-refractivity contribution in [1.29, 1.82) is 0 Å². The van der Waals surface area contributed by atoms with E-state index in [0.29, 0.717) is 18.1 Å². The number of rotatable bonds is 6. The summed E-state index contributed by atoms with van der Waals surface area (Å²) in [4.78, 5) is 11.5. The van der Waals surface area contributed by atoms with Crippen LogP contribution in [0.25, 0.3) is 0 Å². The van der Waals surface area contributed by atoms with Crippen molar-refractivity contribution >= 4 is 5.78 Å². The average Bonchev–Trinajstić information content (AvgIpc) is 2.01. The molecule has 14 heavy (non-hydrogen) atoms. The van der Waals surface area contributed by atoms with E-state index >= 15 is 0 Å². The van der Waals surface area contributed by atoms with Gasteiger partial charge >= 0.3 is 0 Å². The van der Waals surface area contributed by atoms with Crippen LogP contribution in [0.2, 0.25) is 0 Å². The van der Waals surface area contributed by atoms with E-state index in [4.69, 9.17) is 0 Å². The van der Waals surface area contributed by atoms with Crippen LogP contribution in [0.5, 0.6) is 0 Å². The van der Waals surface area contributed by atoms with E-state index in [1.165, 1.54) is 0 Å². The van der Waals surface area contributed by atoms with Gasteiger partial charge in [-0.15, -0.1) is 0 Å². The molecule has 0 atom stereocenters. The quantitative estimate of drug-likeness (QED) is 0.666. The minimum absolute atomic E-state index is 0.169. The molecule has 0 saturated carbocycles. The molecule has 84 valence electrons. The minimum atomic E-state index is -0.169. The van der Waals surface area contributed by atoms with Gasteiger partial charge < -0.3 is 5.32 Å². The number of nitrogens with one attached hydrogen (secondary N) is 1. The lowest BCUT2D eigenvalue weighted by Crippen LogP contribution is -2.24. The molecule has 0 saturated heterocycles. The monoisotopic (exact) mass is 199 g/mol. The van der Waals surface area contributed by atoms with Crippen LogP contribution in [-0.4, -0.2) is 18.9 Å². The van der Waals surface area contributed by atoms with E-state index < -0.39 is 0 Å². The molecule has 0 aromatic rings. The van der Waals surface area contributed by atoms with Crippen molar-refractivity contribution in [2.45, 2.75) is 47.5 Å². The van der Waals surface area contributed by atoms with Crippen molar-refractivity contribution in [2.24, 2.45) is 11.3 Å². The smallest absolute Gasteiger partial charge is 0.138 e. The molecule has 0 rings (SSSR count). The van der Waals surface area contributed by atoms with Gasteiger partial charge in [-0.1, -0.05) is 34.6 Å². The highest BCUT2D eigenvalue weighted by molar-refractivity contribution is 5.83. The second-order valence-corrected chi connectivity index (χ2v) is 5.37. The van der Waals surface area contributed by atoms with E-state index in [9.17, 15) is 4.79 Å². The molecule has 0 aliphatic carbocycles. The molecule has 0 heterocycles. The Bertz CT molecular complexity index is 168. The summed E-state index contributed by atoms with van der Waals surface area (Å²) in [6.07, 6.45) is 1.66. The highest BCUT2D eigenvalue weighted by Gasteiger charge is 2.19. The van der Waals surface area contributed by atoms with Gasteiger partial charge in [0.1, 0.15) is 5.78 Å².